The monoisotopic (exact) mass is 374 g/mol. The summed E-state index contributed by atoms with van der Waals surface area (Å²) in [6.45, 7) is 4.05. The Morgan fingerprint density at radius 2 is 1.96 bits per heavy atom. The zero-order valence-corrected chi connectivity index (χ0v) is 16.2. The molecule has 2 heterocycles. The number of fused-ring (bicyclic) bond motifs is 1. The van der Waals surface area contributed by atoms with Crippen molar-refractivity contribution in [3.8, 4) is 11.1 Å². The Hall–Kier alpha value is -3.21. The van der Waals surface area contributed by atoms with E-state index in [0.29, 0.717) is 5.92 Å². The molecule has 3 aromatic rings. The van der Waals surface area contributed by atoms with E-state index in [1.54, 1.807) is 19.3 Å². The third-order valence-electron chi connectivity index (χ3n) is 5.52. The van der Waals surface area contributed by atoms with Crippen LogP contribution in [0.4, 0.5) is 0 Å². The van der Waals surface area contributed by atoms with E-state index in [1.807, 2.05) is 26.1 Å². The molecule has 5 nitrogen and oxygen atoms in total. The minimum absolute atomic E-state index is 0.164. The summed E-state index contributed by atoms with van der Waals surface area (Å²) in [5.41, 5.74) is 6.43. The highest BCUT2D eigenvalue weighted by Gasteiger charge is 2.29. The zero-order valence-electron chi connectivity index (χ0n) is 16.2. The maximum absolute atomic E-state index is 12.7. The van der Waals surface area contributed by atoms with Gasteiger partial charge in [0, 0.05) is 19.5 Å². The molecule has 142 valence electrons. The summed E-state index contributed by atoms with van der Waals surface area (Å²) in [7, 11) is 1.75. The highest BCUT2D eigenvalue weighted by atomic mass is 16.4. The number of carboxylic acid groups (broad SMARTS) is 1. The second-order valence-electron chi connectivity index (χ2n) is 7.43. The first-order chi connectivity index (χ1) is 13.4. The molecule has 0 atom stereocenters. The maximum Gasteiger partial charge on any atom is 0.341 e. The number of hydrogen-bond acceptors (Lipinski definition) is 3. The lowest BCUT2D eigenvalue weighted by molar-refractivity contribution is 0.0694. The Bertz CT molecular complexity index is 1200. The molecule has 1 saturated carbocycles. The fourth-order valence-electron chi connectivity index (χ4n) is 3.85. The number of pyridine rings is 2. The Balaban J connectivity index is 2.01. The second-order valence-corrected chi connectivity index (χ2v) is 7.43. The van der Waals surface area contributed by atoms with E-state index in [1.165, 1.54) is 4.40 Å². The molecule has 5 heteroatoms. The highest BCUT2D eigenvalue weighted by molar-refractivity contribution is 5.90. The van der Waals surface area contributed by atoms with E-state index < -0.39 is 11.5 Å². The van der Waals surface area contributed by atoms with Gasteiger partial charge in [-0.2, -0.15) is 0 Å². The molecule has 0 spiro atoms. The molecule has 0 amide bonds. The number of nitrogens with zero attached hydrogens (tertiary/aromatic N) is 2. The van der Waals surface area contributed by atoms with E-state index in [4.69, 9.17) is 0 Å². The summed E-state index contributed by atoms with van der Waals surface area (Å²) in [6.07, 6.45) is 5.59. The molecule has 1 N–H and O–H groups in total. The molecule has 0 unspecified atom stereocenters. The van der Waals surface area contributed by atoms with E-state index in [0.717, 1.165) is 51.7 Å². The average Bonchev–Trinajstić information content (AvgIpc) is 3.49. The van der Waals surface area contributed by atoms with Crippen LogP contribution in [0.15, 0.2) is 46.3 Å². The molecular weight excluding hydrogens is 352 g/mol. The van der Waals surface area contributed by atoms with Crippen LogP contribution in [0.25, 0.3) is 16.6 Å². The second kappa shape index (κ2) is 6.75. The van der Waals surface area contributed by atoms with Crippen LogP contribution in [0, 0.1) is 13.8 Å². The summed E-state index contributed by atoms with van der Waals surface area (Å²) in [6, 6.07) is 9.71. The molecule has 1 aromatic carbocycles. The molecule has 1 aliphatic carbocycles. The lowest BCUT2D eigenvalue weighted by atomic mass is 9.94. The molecule has 0 saturated heterocycles. The zero-order chi connectivity index (χ0) is 20.0. The topological polar surface area (TPSA) is 71.1 Å². The summed E-state index contributed by atoms with van der Waals surface area (Å²) in [5, 5.41) is 9.43. The van der Waals surface area contributed by atoms with Gasteiger partial charge in [-0.15, -0.1) is 0 Å². The van der Waals surface area contributed by atoms with Gasteiger partial charge in [-0.25, -0.2) is 4.79 Å². The van der Waals surface area contributed by atoms with Crippen molar-refractivity contribution in [2.24, 2.45) is 4.99 Å². The fourth-order valence-corrected chi connectivity index (χ4v) is 3.85. The van der Waals surface area contributed by atoms with Crippen LogP contribution in [-0.2, 0) is 0 Å². The van der Waals surface area contributed by atoms with Gasteiger partial charge in [-0.3, -0.25) is 14.2 Å². The number of carbonyl (C=O) groups is 1. The molecule has 1 fully saturated rings. The molecule has 0 aliphatic heterocycles. The number of aliphatic imine (C=N–C) groups is 1. The van der Waals surface area contributed by atoms with Crippen molar-refractivity contribution in [3.05, 3.63) is 74.7 Å². The first-order valence-corrected chi connectivity index (χ1v) is 9.37. The van der Waals surface area contributed by atoms with E-state index in [2.05, 4.69) is 23.2 Å². The van der Waals surface area contributed by atoms with Crippen LogP contribution in [0.1, 0.15) is 51.4 Å². The van der Waals surface area contributed by atoms with Gasteiger partial charge in [-0.05, 0) is 84.2 Å². The largest absolute Gasteiger partial charge is 0.477 e. The Labute approximate surface area is 163 Å². The smallest absolute Gasteiger partial charge is 0.341 e. The number of benzene rings is 1. The van der Waals surface area contributed by atoms with Gasteiger partial charge in [0.15, 0.2) is 0 Å². The molecule has 0 bridgehead atoms. The fraction of sp³-hybridized carbons (Fsp3) is 0.261. The Morgan fingerprint density at radius 1 is 1.21 bits per heavy atom. The van der Waals surface area contributed by atoms with Crippen molar-refractivity contribution in [2.45, 2.75) is 32.6 Å². The molecular formula is C23H22N2O3. The molecule has 0 radical (unpaired) electrons. The van der Waals surface area contributed by atoms with Crippen molar-refractivity contribution in [1.82, 2.24) is 4.40 Å². The van der Waals surface area contributed by atoms with Gasteiger partial charge in [0.2, 0.25) is 0 Å². The summed E-state index contributed by atoms with van der Waals surface area (Å²) in [5.74, 6) is -0.853. The highest BCUT2D eigenvalue weighted by Crippen LogP contribution is 2.43. The third-order valence-corrected chi connectivity index (χ3v) is 5.52. The van der Waals surface area contributed by atoms with Gasteiger partial charge >= 0.3 is 5.97 Å². The number of rotatable bonds is 4. The van der Waals surface area contributed by atoms with Crippen LogP contribution in [0.2, 0.25) is 0 Å². The summed E-state index contributed by atoms with van der Waals surface area (Å²) >= 11 is 0. The van der Waals surface area contributed by atoms with Gasteiger partial charge in [-0.1, -0.05) is 12.1 Å². The average molecular weight is 374 g/mol. The number of aromatic nitrogens is 1. The van der Waals surface area contributed by atoms with Gasteiger partial charge in [0.05, 0.1) is 5.52 Å². The van der Waals surface area contributed by atoms with Crippen LogP contribution < -0.4 is 5.56 Å². The molecule has 2 aromatic heterocycles. The standard InChI is InChI=1S/C23H22N2O3/c1-13-4-5-16(10-17(13)12-24-3)18-8-9-25-21(14(18)2)19(15-6-7-15)11-20(22(25)26)23(27)28/h4-5,8-12,15H,6-7H2,1-3H3,(H,27,28)/b24-12-. The molecule has 28 heavy (non-hydrogen) atoms. The van der Waals surface area contributed by atoms with E-state index in [9.17, 15) is 14.7 Å². The lowest BCUT2D eigenvalue weighted by Gasteiger charge is -2.16. The Kier molecular flexibility index (Phi) is 4.38. The number of hydrogen-bond donors (Lipinski definition) is 1. The van der Waals surface area contributed by atoms with Gasteiger partial charge in [0.25, 0.3) is 5.56 Å². The Morgan fingerprint density at radius 3 is 2.61 bits per heavy atom. The minimum atomic E-state index is -1.18. The van der Waals surface area contributed by atoms with Crippen LogP contribution in [-0.4, -0.2) is 28.7 Å². The maximum atomic E-state index is 12.7. The lowest BCUT2D eigenvalue weighted by Crippen LogP contribution is -2.23. The van der Waals surface area contributed by atoms with Crippen molar-refractivity contribution < 1.29 is 9.90 Å². The normalized spacial score (nSPS) is 14.1. The number of carboxylic acids is 1. The SMILES string of the molecule is C/N=C\c1cc(-c2ccn3c(=O)c(C(=O)O)cc(C4CC4)c3c2C)ccc1C. The van der Waals surface area contributed by atoms with E-state index >= 15 is 0 Å². The first-order valence-electron chi connectivity index (χ1n) is 9.37. The van der Waals surface area contributed by atoms with Crippen LogP contribution in [0.3, 0.4) is 0 Å². The van der Waals surface area contributed by atoms with Crippen LogP contribution in [0.5, 0.6) is 0 Å². The first kappa shape index (κ1) is 18.2. The number of aryl methyl sites for hydroxylation is 2. The number of aromatic carboxylic acids is 1. The van der Waals surface area contributed by atoms with Crippen LogP contribution >= 0.6 is 0 Å². The molecule has 4 rings (SSSR count). The van der Waals surface area contributed by atoms with Gasteiger partial charge < -0.3 is 5.11 Å². The van der Waals surface area contributed by atoms with E-state index in [-0.39, 0.29) is 5.56 Å². The van der Waals surface area contributed by atoms with Crippen molar-refractivity contribution in [2.75, 3.05) is 7.05 Å². The predicted octanol–water partition coefficient (Wildman–Crippen LogP) is 4.21. The quantitative estimate of drug-likeness (QED) is 0.696. The summed E-state index contributed by atoms with van der Waals surface area (Å²) in [4.78, 5) is 28.4. The molecule has 1 aliphatic rings. The van der Waals surface area contributed by atoms with Crippen molar-refractivity contribution >= 4 is 17.7 Å². The van der Waals surface area contributed by atoms with Crippen molar-refractivity contribution in [3.63, 3.8) is 0 Å². The minimum Gasteiger partial charge on any atom is -0.477 e. The predicted molar refractivity (Wildman–Crippen MR) is 111 cm³/mol. The van der Waals surface area contributed by atoms with Gasteiger partial charge in [0.1, 0.15) is 5.56 Å². The summed E-state index contributed by atoms with van der Waals surface area (Å²) < 4.78 is 1.50. The van der Waals surface area contributed by atoms with Crippen molar-refractivity contribution in [1.29, 1.82) is 0 Å². The third kappa shape index (κ3) is 2.93.